The van der Waals surface area contributed by atoms with Gasteiger partial charge >= 0.3 is 0 Å². The van der Waals surface area contributed by atoms with Gasteiger partial charge in [-0.05, 0) is 31.6 Å². The fraction of sp³-hybridized carbons (Fsp3) is 1.00. The van der Waals surface area contributed by atoms with Crippen LogP contribution in [0.4, 0.5) is 0 Å². The summed E-state index contributed by atoms with van der Waals surface area (Å²) in [6, 6.07) is 0. The molecule has 3 nitrogen and oxygen atoms in total. The van der Waals surface area contributed by atoms with Crippen LogP contribution in [0, 0.1) is 11.3 Å². The second-order valence-electron chi connectivity index (χ2n) is 5.43. The molecule has 1 heterocycles. The molecule has 88 valence electrons. The summed E-state index contributed by atoms with van der Waals surface area (Å²) >= 11 is 0. The van der Waals surface area contributed by atoms with E-state index in [1.54, 1.807) is 0 Å². The Bertz CT molecular complexity index is 212. The lowest BCUT2D eigenvalue weighted by molar-refractivity contribution is -0.158. The van der Waals surface area contributed by atoms with Crippen LogP contribution >= 0.6 is 0 Å². The highest BCUT2D eigenvalue weighted by atomic mass is 16.3. The molecule has 0 spiro atoms. The molecule has 2 aliphatic rings. The number of hydrogen-bond donors (Lipinski definition) is 3. The zero-order valence-electron chi connectivity index (χ0n) is 9.63. The average molecular weight is 213 g/mol. The molecular formula is C12H23NO2. The van der Waals surface area contributed by atoms with Crippen molar-refractivity contribution < 1.29 is 10.2 Å². The Kier molecular flexibility index (Phi) is 3.06. The first kappa shape index (κ1) is 11.4. The zero-order chi connectivity index (χ0) is 10.9. The molecule has 0 amide bonds. The van der Waals surface area contributed by atoms with Gasteiger partial charge in [0.05, 0.1) is 12.2 Å². The molecular weight excluding hydrogens is 190 g/mol. The molecule has 1 saturated heterocycles. The Morgan fingerprint density at radius 3 is 2.20 bits per heavy atom. The van der Waals surface area contributed by atoms with Crippen molar-refractivity contribution in [1.82, 2.24) is 5.32 Å². The quantitative estimate of drug-likeness (QED) is 0.653. The third kappa shape index (κ3) is 1.71. The van der Waals surface area contributed by atoms with Crippen molar-refractivity contribution in [1.29, 1.82) is 0 Å². The van der Waals surface area contributed by atoms with Crippen LogP contribution < -0.4 is 5.32 Å². The van der Waals surface area contributed by atoms with Gasteiger partial charge in [-0.25, -0.2) is 0 Å². The topological polar surface area (TPSA) is 52.5 Å². The van der Waals surface area contributed by atoms with Gasteiger partial charge in [-0.15, -0.1) is 0 Å². The monoisotopic (exact) mass is 213 g/mol. The molecule has 3 heteroatoms. The molecule has 0 bridgehead atoms. The van der Waals surface area contributed by atoms with Gasteiger partial charge in [0, 0.05) is 18.5 Å². The maximum absolute atomic E-state index is 10.7. The molecule has 2 rings (SSSR count). The average Bonchev–Trinajstić information content (AvgIpc) is 2.18. The van der Waals surface area contributed by atoms with E-state index in [9.17, 15) is 10.2 Å². The predicted octanol–water partition coefficient (Wildman–Crippen LogP) is 0.900. The number of aliphatic hydroxyl groups excluding tert-OH is 1. The molecule has 0 radical (unpaired) electrons. The van der Waals surface area contributed by atoms with Crippen LogP contribution in [0.2, 0.25) is 0 Å². The Labute approximate surface area is 91.9 Å². The largest absolute Gasteiger partial charge is 0.396 e. The molecule has 1 aliphatic carbocycles. The molecule has 3 N–H and O–H groups in total. The smallest absolute Gasteiger partial charge is 0.0750 e. The number of hydrogen-bond acceptors (Lipinski definition) is 3. The Morgan fingerprint density at radius 2 is 1.87 bits per heavy atom. The van der Waals surface area contributed by atoms with Crippen molar-refractivity contribution >= 4 is 0 Å². The lowest BCUT2D eigenvalue weighted by atomic mass is 9.60. The highest BCUT2D eigenvalue weighted by Crippen LogP contribution is 2.46. The van der Waals surface area contributed by atoms with Crippen molar-refractivity contribution in [3.8, 4) is 0 Å². The van der Waals surface area contributed by atoms with Gasteiger partial charge in [0.2, 0.25) is 0 Å². The van der Waals surface area contributed by atoms with E-state index < -0.39 is 5.60 Å². The van der Waals surface area contributed by atoms with E-state index in [0.717, 1.165) is 44.7 Å². The number of nitrogens with one attached hydrogen (secondary N) is 1. The Balaban J connectivity index is 2.02. The van der Waals surface area contributed by atoms with Gasteiger partial charge in [-0.1, -0.05) is 13.3 Å². The third-order valence-corrected chi connectivity index (χ3v) is 4.73. The summed E-state index contributed by atoms with van der Waals surface area (Å²) in [6.45, 7) is 3.89. The molecule has 1 aliphatic heterocycles. The van der Waals surface area contributed by atoms with Crippen LogP contribution in [-0.2, 0) is 0 Å². The number of aliphatic hydroxyl groups is 2. The van der Waals surface area contributed by atoms with Gasteiger partial charge in [0.1, 0.15) is 0 Å². The maximum atomic E-state index is 10.7. The van der Waals surface area contributed by atoms with E-state index in [-0.39, 0.29) is 12.0 Å². The van der Waals surface area contributed by atoms with Gasteiger partial charge in [-0.3, -0.25) is 0 Å². The molecule has 1 saturated carbocycles. The maximum Gasteiger partial charge on any atom is 0.0750 e. The lowest BCUT2D eigenvalue weighted by Gasteiger charge is -2.55. The highest BCUT2D eigenvalue weighted by Gasteiger charge is 2.54. The van der Waals surface area contributed by atoms with Gasteiger partial charge in [0.15, 0.2) is 0 Å². The highest BCUT2D eigenvalue weighted by molar-refractivity contribution is 5.08. The fourth-order valence-corrected chi connectivity index (χ4v) is 3.11. The van der Waals surface area contributed by atoms with Crippen molar-refractivity contribution in [3.05, 3.63) is 0 Å². The van der Waals surface area contributed by atoms with Crippen molar-refractivity contribution in [2.75, 3.05) is 19.7 Å². The normalized spacial score (nSPS) is 39.8. The minimum atomic E-state index is -0.612. The van der Waals surface area contributed by atoms with E-state index >= 15 is 0 Å². The Hall–Kier alpha value is -0.120. The van der Waals surface area contributed by atoms with E-state index in [1.165, 1.54) is 6.42 Å². The fourth-order valence-electron chi connectivity index (χ4n) is 3.11. The standard InChI is InChI=1S/C12H23NO2/c1-2-10-3-5-12(15,6-4-10)11(9-14)7-13-8-11/h10,13-15H,2-9H2,1H3. The van der Waals surface area contributed by atoms with Crippen LogP contribution in [0.15, 0.2) is 0 Å². The molecule has 0 aromatic carbocycles. The third-order valence-electron chi connectivity index (χ3n) is 4.73. The first-order chi connectivity index (χ1) is 7.16. The summed E-state index contributed by atoms with van der Waals surface area (Å²) < 4.78 is 0. The first-order valence-electron chi connectivity index (χ1n) is 6.20. The van der Waals surface area contributed by atoms with Gasteiger partial charge < -0.3 is 15.5 Å². The zero-order valence-corrected chi connectivity index (χ0v) is 9.63. The van der Waals surface area contributed by atoms with Crippen LogP contribution in [0.5, 0.6) is 0 Å². The second kappa shape index (κ2) is 4.04. The number of rotatable bonds is 3. The van der Waals surface area contributed by atoms with Crippen molar-refractivity contribution in [2.45, 2.75) is 44.6 Å². The molecule has 2 fully saturated rings. The minimum Gasteiger partial charge on any atom is -0.396 e. The molecule has 15 heavy (non-hydrogen) atoms. The Morgan fingerprint density at radius 1 is 1.27 bits per heavy atom. The van der Waals surface area contributed by atoms with Crippen LogP contribution in [0.25, 0.3) is 0 Å². The van der Waals surface area contributed by atoms with Crippen LogP contribution in [-0.4, -0.2) is 35.5 Å². The summed E-state index contributed by atoms with van der Waals surface area (Å²) in [5.74, 6) is 0.786. The molecule has 0 unspecified atom stereocenters. The summed E-state index contributed by atoms with van der Waals surface area (Å²) in [7, 11) is 0. The lowest BCUT2D eigenvalue weighted by Crippen LogP contribution is -2.68. The molecule has 0 atom stereocenters. The van der Waals surface area contributed by atoms with E-state index in [0.29, 0.717) is 0 Å². The summed E-state index contributed by atoms with van der Waals surface area (Å²) in [4.78, 5) is 0. The summed E-state index contributed by atoms with van der Waals surface area (Å²) in [6.07, 6.45) is 5.20. The minimum absolute atomic E-state index is 0.118. The molecule has 0 aromatic rings. The first-order valence-corrected chi connectivity index (χ1v) is 6.20. The van der Waals surface area contributed by atoms with Gasteiger partial charge in [-0.2, -0.15) is 0 Å². The van der Waals surface area contributed by atoms with Crippen molar-refractivity contribution in [2.24, 2.45) is 11.3 Å². The summed E-state index contributed by atoms with van der Waals surface area (Å²) in [5.41, 5.74) is -0.857. The SMILES string of the molecule is CCC1CCC(O)(C2(CO)CNC2)CC1. The van der Waals surface area contributed by atoms with Crippen LogP contribution in [0.3, 0.4) is 0 Å². The predicted molar refractivity (Wildman–Crippen MR) is 59.6 cm³/mol. The second-order valence-corrected chi connectivity index (χ2v) is 5.43. The van der Waals surface area contributed by atoms with Gasteiger partial charge in [0.25, 0.3) is 0 Å². The van der Waals surface area contributed by atoms with E-state index in [2.05, 4.69) is 12.2 Å². The van der Waals surface area contributed by atoms with Crippen molar-refractivity contribution in [3.63, 3.8) is 0 Å². The summed E-state index contributed by atoms with van der Waals surface area (Å²) in [5, 5.41) is 23.3. The van der Waals surface area contributed by atoms with E-state index in [4.69, 9.17) is 0 Å². The van der Waals surface area contributed by atoms with Crippen LogP contribution in [0.1, 0.15) is 39.0 Å². The molecule has 0 aromatic heterocycles. The van der Waals surface area contributed by atoms with E-state index in [1.807, 2.05) is 0 Å².